The van der Waals surface area contributed by atoms with Gasteiger partial charge < -0.3 is 16.8 Å². The smallest absolute Gasteiger partial charge is 0.231 e. The number of nitrogens with two attached hydrogens (primary N) is 2. The van der Waals surface area contributed by atoms with Crippen LogP contribution in [0.4, 0.5) is 0 Å². The van der Waals surface area contributed by atoms with Crippen LogP contribution in [0.2, 0.25) is 0 Å². The SMILES string of the molecule is CC1CCCNC1=O.NCC(N)=O. The Hall–Kier alpha value is -1.10. The van der Waals surface area contributed by atoms with Crippen molar-refractivity contribution in [3.8, 4) is 0 Å². The number of rotatable bonds is 1. The van der Waals surface area contributed by atoms with Gasteiger partial charge in [-0.3, -0.25) is 9.59 Å². The van der Waals surface area contributed by atoms with Crippen LogP contribution in [0.1, 0.15) is 19.8 Å². The molecular formula is C8H17N3O2. The maximum absolute atomic E-state index is 10.7. The lowest BCUT2D eigenvalue weighted by Crippen LogP contribution is -2.34. The first kappa shape index (κ1) is 11.9. The highest BCUT2D eigenvalue weighted by molar-refractivity contribution is 5.78. The number of carbonyl (C=O) groups is 2. The second-order valence-corrected chi connectivity index (χ2v) is 3.00. The third-order valence-corrected chi connectivity index (χ3v) is 1.76. The van der Waals surface area contributed by atoms with Gasteiger partial charge in [-0.2, -0.15) is 0 Å². The van der Waals surface area contributed by atoms with Crippen LogP contribution in [0.15, 0.2) is 0 Å². The van der Waals surface area contributed by atoms with Crippen LogP contribution in [-0.4, -0.2) is 24.9 Å². The first-order valence-electron chi connectivity index (χ1n) is 4.34. The Morgan fingerprint density at radius 2 is 2.23 bits per heavy atom. The van der Waals surface area contributed by atoms with Crippen molar-refractivity contribution in [1.82, 2.24) is 5.32 Å². The van der Waals surface area contributed by atoms with E-state index >= 15 is 0 Å². The van der Waals surface area contributed by atoms with Crippen molar-refractivity contribution in [2.24, 2.45) is 17.4 Å². The average molecular weight is 187 g/mol. The summed E-state index contributed by atoms with van der Waals surface area (Å²) < 4.78 is 0. The van der Waals surface area contributed by atoms with Gasteiger partial charge in [-0.25, -0.2) is 0 Å². The second kappa shape index (κ2) is 6.42. The Balaban J connectivity index is 0.000000252. The van der Waals surface area contributed by atoms with E-state index in [0.29, 0.717) is 0 Å². The molecule has 76 valence electrons. The van der Waals surface area contributed by atoms with Gasteiger partial charge >= 0.3 is 0 Å². The summed E-state index contributed by atoms with van der Waals surface area (Å²) in [5.41, 5.74) is 9.22. The highest BCUT2D eigenvalue weighted by Crippen LogP contribution is 2.08. The number of amides is 2. The van der Waals surface area contributed by atoms with E-state index in [4.69, 9.17) is 5.73 Å². The number of nitrogens with one attached hydrogen (secondary N) is 1. The van der Waals surface area contributed by atoms with Crippen molar-refractivity contribution < 1.29 is 9.59 Å². The first-order valence-corrected chi connectivity index (χ1v) is 4.34. The van der Waals surface area contributed by atoms with Gasteiger partial charge in [-0.05, 0) is 12.8 Å². The van der Waals surface area contributed by atoms with Crippen molar-refractivity contribution in [3.05, 3.63) is 0 Å². The van der Waals surface area contributed by atoms with Gasteiger partial charge in [-0.1, -0.05) is 6.92 Å². The first-order chi connectivity index (χ1) is 6.07. The van der Waals surface area contributed by atoms with Crippen LogP contribution in [0.25, 0.3) is 0 Å². The maximum atomic E-state index is 10.7. The fourth-order valence-corrected chi connectivity index (χ4v) is 0.925. The number of hydrogen-bond donors (Lipinski definition) is 3. The minimum Gasteiger partial charge on any atom is -0.369 e. The third-order valence-electron chi connectivity index (χ3n) is 1.76. The van der Waals surface area contributed by atoms with E-state index in [9.17, 15) is 9.59 Å². The lowest BCUT2D eigenvalue weighted by molar-refractivity contribution is -0.126. The number of hydrogen-bond acceptors (Lipinski definition) is 3. The topological polar surface area (TPSA) is 98.2 Å². The van der Waals surface area contributed by atoms with E-state index in [0.717, 1.165) is 19.4 Å². The molecule has 5 heteroatoms. The van der Waals surface area contributed by atoms with Crippen molar-refractivity contribution in [1.29, 1.82) is 0 Å². The van der Waals surface area contributed by atoms with Crippen LogP contribution in [0, 0.1) is 5.92 Å². The molecule has 5 nitrogen and oxygen atoms in total. The number of carbonyl (C=O) groups excluding carboxylic acids is 2. The molecule has 13 heavy (non-hydrogen) atoms. The molecule has 0 aromatic heterocycles. The summed E-state index contributed by atoms with van der Waals surface area (Å²) in [5.74, 6) is 0.00463. The van der Waals surface area contributed by atoms with Crippen molar-refractivity contribution >= 4 is 11.8 Å². The predicted octanol–water partition coefficient (Wildman–Crippen LogP) is -1.04. The van der Waals surface area contributed by atoms with Crippen LogP contribution in [0.3, 0.4) is 0 Å². The Morgan fingerprint density at radius 3 is 2.46 bits per heavy atom. The standard InChI is InChI=1S/C6H11NO.C2H6N2O/c1-5-3-2-4-7-6(5)8;3-1-2(4)5/h5H,2-4H2,1H3,(H,7,8);1,3H2,(H2,4,5). The van der Waals surface area contributed by atoms with Gasteiger partial charge in [0.15, 0.2) is 0 Å². The number of primary amides is 1. The van der Waals surface area contributed by atoms with Crippen LogP contribution in [0.5, 0.6) is 0 Å². The molecule has 1 rings (SSSR count). The fourth-order valence-electron chi connectivity index (χ4n) is 0.925. The average Bonchev–Trinajstić information content (AvgIpc) is 2.11. The zero-order valence-corrected chi connectivity index (χ0v) is 7.88. The van der Waals surface area contributed by atoms with Gasteiger partial charge in [-0.15, -0.1) is 0 Å². The fraction of sp³-hybridized carbons (Fsp3) is 0.750. The molecule has 1 atom stereocenters. The van der Waals surface area contributed by atoms with E-state index in [1.165, 1.54) is 0 Å². The largest absolute Gasteiger partial charge is 0.369 e. The zero-order valence-electron chi connectivity index (χ0n) is 7.88. The zero-order chi connectivity index (χ0) is 10.3. The molecular weight excluding hydrogens is 170 g/mol. The van der Waals surface area contributed by atoms with E-state index in [-0.39, 0.29) is 18.4 Å². The lowest BCUT2D eigenvalue weighted by atomic mass is 10.0. The molecule has 0 aliphatic carbocycles. The normalized spacial score (nSPS) is 21.1. The van der Waals surface area contributed by atoms with Gasteiger partial charge in [0.25, 0.3) is 0 Å². The molecule has 1 aliphatic rings. The van der Waals surface area contributed by atoms with E-state index in [1.807, 2.05) is 6.92 Å². The molecule has 1 heterocycles. The van der Waals surface area contributed by atoms with E-state index in [2.05, 4.69) is 11.1 Å². The van der Waals surface area contributed by atoms with Gasteiger partial charge in [0.2, 0.25) is 11.8 Å². The Bertz CT molecular complexity index is 182. The van der Waals surface area contributed by atoms with Crippen LogP contribution < -0.4 is 16.8 Å². The number of piperidine rings is 1. The minimum atomic E-state index is -0.468. The molecule has 0 bridgehead atoms. The molecule has 1 aliphatic heterocycles. The summed E-state index contributed by atoms with van der Waals surface area (Å²) in [6.45, 7) is 2.79. The predicted molar refractivity (Wildman–Crippen MR) is 49.7 cm³/mol. The van der Waals surface area contributed by atoms with E-state index < -0.39 is 5.91 Å². The van der Waals surface area contributed by atoms with Gasteiger partial charge in [0, 0.05) is 12.5 Å². The second-order valence-electron chi connectivity index (χ2n) is 3.00. The van der Waals surface area contributed by atoms with Gasteiger partial charge in [0.05, 0.1) is 6.54 Å². The molecule has 1 fully saturated rings. The van der Waals surface area contributed by atoms with Crippen LogP contribution in [-0.2, 0) is 9.59 Å². The van der Waals surface area contributed by atoms with Crippen molar-refractivity contribution in [3.63, 3.8) is 0 Å². The molecule has 0 aromatic rings. The molecule has 0 aromatic carbocycles. The Morgan fingerprint density at radius 1 is 1.69 bits per heavy atom. The monoisotopic (exact) mass is 187 g/mol. The summed E-state index contributed by atoms with van der Waals surface area (Å²) in [7, 11) is 0. The quantitative estimate of drug-likeness (QED) is 0.489. The molecule has 2 amide bonds. The summed E-state index contributed by atoms with van der Waals surface area (Å²) in [6, 6.07) is 0. The van der Waals surface area contributed by atoms with E-state index in [1.54, 1.807) is 0 Å². The van der Waals surface area contributed by atoms with Crippen LogP contribution >= 0.6 is 0 Å². The highest BCUT2D eigenvalue weighted by Gasteiger charge is 2.15. The van der Waals surface area contributed by atoms with Crippen molar-refractivity contribution in [2.45, 2.75) is 19.8 Å². The summed E-state index contributed by atoms with van der Waals surface area (Å²) >= 11 is 0. The lowest BCUT2D eigenvalue weighted by Gasteiger charge is -2.16. The van der Waals surface area contributed by atoms with Crippen molar-refractivity contribution in [2.75, 3.05) is 13.1 Å². The summed E-state index contributed by atoms with van der Waals surface area (Å²) in [4.78, 5) is 20.1. The molecule has 1 unspecified atom stereocenters. The summed E-state index contributed by atoms with van der Waals surface area (Å²) in [6.07, 6.45) is 2.21. The Labute approximate surface area is 77.8 Å². The summed E-state index contributed by atoms with van der Waals surface area (Å²) in [5, 5.41) is 2.79. The molecule has 0 spiro atoms. The molecule has 1 saturated heterocycles. The molecule has 0 radical (unpaired) electrons. The molecule has 5 N–H and O–H groups in total. The molecule has 0 saturated carbocycles. The Kier molecular flexibility index (Phi) is 5.88. The van der Waals surface area contributed by atoms with Gasteiger partial charge in [0.1, 0.15) is 0 Å². The highest BCUT2D eigenvalue weighted by atomic mass is 16.2. The minimum absolute atomic E-state index is 0.0556. The maximum Gasteiger partial charge on any atom is 0.231 e. The third kappa shape index (κ3) is 6.10.